The minimum atomic E-state index is -1.58. The number of benzene rings is 2. The first-order valence-electron chi connectivity index (χ1n) is 6.57. The molecule has 0 amide bonds. The fraction of sp³-hybridized carbons (Fsp3) is 0.312. The molecule has 2 aromatic rings. The Bertz CT molecular complexity index is 621. The van der Waals surface area contributed by atoms with Gasteiger partial charge in [-0.25, -0.2) is 4.79 Å². The summed E-state index contributed by atoms with van der Waals surface area (Å²) in [7, 11) is 0. The van der Waals surface area contributed by atoms with Gasteiger partial charge in [0.15, 0.2) is 6.10 Å². The van der Waals surface area contributed by atoms with Gasteiger partial charge in [0.25, 0.3) is 0 Å². The number of rotatable bonds is 4. The van der Waals surface area contributed by atoms with E-state index in [0.29, 0.717) is 5.56 Å². The topological polar surface area (TPSA) is 66.8 Å². The van der Waals surface area contributed by atoms with Crippen molar-refractivity contribution in [3.8, 4) is 0 Å². The van der Waals surface area contributed by atoms with Crippen LogP contribution in [-0.2, 0) is 9.53 Å². The third kappa shape index (κ3) is 2.66. The van der Waals surface area contributed by atoms with Crippen LogP contribution in [0.1, 0.15) is 24.2 Å². The molecule has 0 heterocycles. The largest absolute Gasteiger partial charge is 0.464 e. The summed E-state index contributed by atoms with van der Waals surface area (Å²) in [4.78, 5) is 11.6. The molecule has 0 aliphatic carbocycles. The van der Waals surface area contributed by atoms with Gasteiger partial charge in [-0.05, 0) is 35.7 Å². The number of carbonyl (C=O) groups is 1. The van der Waals surface area contributed by atoms with E-state index >= 15 is 0 Å². The van der Waals surface area contributed by atoms with Gasteiger partial charge in [0.2, 0.25) is 0 Å². The lowest BCUT2D eigenvalue weighted by Crippen LogP contribution is -2.30. The molecule has 20 heavy (non-hydrogen) atoms. The Morgan fingerprint density at radius 2 is 1.90 bits per heavy atom. The molecule has 2 atom stereocenters. The van der Waals surface area contributed by atoms with Gasteiger partial charge in [0.05, 0.1) is 6.61 Å². The van der Waals surface area contributed by atoms with Crippen molar-refractivity contribution in [2.24, 2.45) is 0 Å². The number of hydrogen-bond acceptors (Lipinski definition) is 4. The summed E-state index contributed by atoms with van der Waals surface area (Å²) in [6.45, 7) is 3.65. The van der Waals surface area contributed by atoms with Crippen molar-refractivity contribution in [2.75, 3.05) is 6.61 Å². The molecule has 4 nitrogen and oxygen atoms in total. The molecule has 2 aromatic carbocycles. The van der Waals surface area contributed by atoms with Crippen molar-refractivity contribution < 1.29 is 19.7 Å². The Morgan fingerprint density at radius 1 is 1.20 bits per heavy atom. The molecule has 0 saturated heterocycles. The third-order valence-corrected chi connectivity index (χ3v) is 3.31. The van der Waals surface area contributed by atoms with Crippen LogP contribution in [0.2, 0.25) is 0 Å². The number of aryl methyl sites for hydroxylation is 1. The van der Waals surface area contributed by atoms with Crippen molar-refractivity contribution in [1.82, 2.24) is 0 Å². The summed E-state index contributed by atoms with van der Waals surface area (Å²) in [5, 5.41) is 22.0. The van der Waals surface area contributed by atoms with Gasteiger partial charge in [-0.2, -0.15) is 0 Å². The highest BCUT2D eigenvalue weighted by Gasteiger charge is 2.29. The first-order valence-corrected chi connectivity index (χ1v) is 6.57. The van der Waals surface area contributed by atoms with Crippen molar-refractivity contribution >= 4 is 16.7 Å². The molecular formula is C16H18O4. The predicted molar refractivity (Wildman–Crippen MR) is 76.3 cm³/mol. The molecule has 106 valence electrons. The summed E-state index contributed by atoms with van der Waals surface area (Å²) in [5.41, 5.74) is 1.38. The molecule has 0 spiro atoms. The minimum Gasteiger partial charge on any atom is -0.464 e. The summed E-state index contributed by atoms with van der Waals surface area (Å²) in [5.74, 6) is -0.813. The molecular weight excluding hydrogens is 256 g/mol. The van der Waals surface area contributed by atoms with E-state index in [2.05, 4.69) is 0 Å². The van der Waals surface area contributed by atoms with Crippen LogP contribution in [0.15, 0.2) is 36.4 Å². The zero-order valence-electron chi connectivity index (χ0n) is 11.5. The molecule has 0 saturated carbocycles. The van der Waals surface area contributed by atoms with E-state index in [4.69, 9.17) is 4.74 Å². The zero-order chi connectivity index (χ0) is 14.7. The van der Waals surface area contributed by atoms with E-state index in [1.54, 1.807) is 6.92 Å². The van der Waals surface area contributed by atoms with Crippen LogP contribution >= 0.6 is 0 Å². The van der Waals surface area contributed by atoms with Gasteiger partial charge >= 0.3 is 5.97 Å². The van der Waals surface area contributed by atoms with Crippen LogP contribution in [-0.4, -0.2) is 28.9 Å². The molecule has 0 bridgehead atoms. The van der Waals surface area contributed by atoms with Gasteiger partial charge in [-0.1, -0.05) is 36.4 Å². The summed E-state index contributed by atoms with van der Waals surface area (Å²) < 4.78 is 4.75. The van der Waals surface area contributed by atoms with Crippen LogP contribution in [0.3, 0.4) is 0 Å². The van der Waals surface area contributed by atoms with Crippen LogP contribution < -0.4 is 0 Å². The maximum atomic E-state index is 11.6. The summed E-state index contributed by atoms with van der Waals surface area (Å²) in [6.07, 6.45) is -2.89. The number of aliphatic hydroxyl groups excluding tert-OH is 2. The SMILES string of the molecule is CCOC(=O)C(O)C(O)c1c(C)ccc2ccccc12. The van der Waals surface area contributed by atoms with Crippen molar-refractivity contribution in [2.45, 2.75) is 26.1 Å². The maximum Gasteiger partial charge on any atom is 0.338 e. The highest BCUT2D eigenvalue weighted by molar-refractivity contribution is 5.88. The van der Waals surface area contributed by atoms with E-state index in [1.807, 2.05) is 43.3 Å². The number of carbonyl (C=O) groups excluding carboxylic acids is 1. The van der Waals surface area contributed by atoms with Crippen LogP contribution in [0.5, 0.6) is 0 Å². The number of aliphatic hydroxyl groups is 2. The van der Waals surface area contributed by atoms with Crippen LogP contribution in [0, 0.1) is 6.92 Å². The molecule has 0 fully saturated rings. The fourth-order valence-electron chi connectivity index (χ4n) is 2.31. The van der Waals surface area contributed by atoms with Crippen LogP contribution in [0.4, 0.5) is 0 Å². The second kappa shape index (κ2) is 6.03. The number of fused-ring (bicyclic) bond motifs is 1. The van der Waals surface area contributed by atoms with Crippen molar-refractivity contribution in [1.29, 1.82) is 0 Å². The van der Waals surface area contributed by atoms with Gasteiger partial charge in [-0.3, -0.25) is 0 Å². The lowest BCUT2D eigenvalue weighted by molar-refractivity contribution is -0.159. The molecule has 4 heteroatoms. The van der Waals surface area contributed by atoms with Gasteiger partial charge in [0, 0.05) is 0 Å². The molecule has 0 aliphatic rings. The normalized spacial score (nSPS) is 14.0. The zero-order valence-corrected chi connectivity index (χ0v) is 11.5. The van der Waals surface area contributed by atoms with E-state index < -0.39 is 18.2 Å². The van der Waals surface area contributed by atoms with E-state index in [-0.39, 0.29) is 6.61 Å². The number of esters is 1. The van der Waals surface area contributed by atoms with Gasteiger partial charge in [0.1, 0.15) is 6.10 Å². The Kier molecular flexibility index (Phi) is 4.37. The summed E-state index contributed by atoms with van der Waals surface area (Å²) in [6, 6.07) is 11.3. The van der Waals surface area contributed by atoms with E-state index in [0.717, 1.165) is 16.3 Å². The quantitative estimate of drug-likeness (QED) is 0.838. The molecule has 2 N–H and O–H groups in total. The Labute approximate surface area is 117 Å². The highest BCUT2D eigenvalue weighted by atomic mass is 16.5. The lowest BCUT2D eigenvalue weighted by atomic mass is 9.93. The maximum absolute atomic E-state index is 11.6. The van der Waals surface area contributed by atoms with Gasteiger partial charge in [-0.15, -0.1) is 0 Å². The predicted octanol–water partition coefficient (Wildman–Crippen LogP) is 2.11. The molecule has 0 aromatic heterocycles. The van der Waals surface area contributed by atoms with Crippen LogP contribution in [0.25, 0.3) is 10.8 Å². The molecule has 0 radical (unpaired) electrons. The first kappa shape index (κ1) is 14.5. The Morgan fingerprint density at radius 3 is 2.60 bits per heavy atom. The second-order valence-corrected chi connectivity index (χ2v) is 4.66. The standard InChI is InChI=1S/C16H18O4/c1-3-20-16(19)15(18)14(17)13-10(2)8-9-11-6-4-5-7-12(11)13/h4-9,14-15,17-18H,3H2,1-2H3. The second-order valence-electron chi connectivity index (χ2n) is 4.66. The molecule has 0 aliphatic heterocycles. The van der Waals surface area contributed by atoms with E-state index in [1.165, 1.54) is 0 Å². The monoisotopic (exact) mass is 274 g/mol. The number of hydrogen-bond donors (Lipinski definition) is 2. The Hall–Kier alpha value is -1.91. The van der Waals surface area contributed by atoms with Crippen molar-refractivity contribution in [3.05, 3.63) is 47.5 Å². The third-order valence-electron chi connectivity index (χ3n) is 3.31. The highest BCUT2D eigenvalue weighted by Crippen LogP contribution is 2.29. The summed E-state index contributed by atoms with van der Waals surface area (Å²) >= 11 is 0. The average molecular weight is 274 g/mol. The first-order chi connectivity index (χ1) is 9.56. The fourth-order valence-corrected chi connectivity index (χ4v) is 2.31. The Balaban J connectivity index is 2.46. The number of ether oxygens (including phenoxy) is 1. The lowest BCUT2D eigenvalue weighted by Gasteiger charge is -2.20. The molecule has 2 rings (SSSR count). The smallest absolute Gasteiger partial charge is 0.338 e. The average Bonchev–Trinajstić information content (AvgIpc) is 2.46. The van der Waals surface area contributed by atoms with Gasteiger partial charge < -0.3 is 14.9 Å². The molecule has 2 unspecified atom stereocenters. The van der Waals surface area contributed by atoms with Crippen molar-refractivity contribution in [3.63, 3.8) is 0 Å². The van der Waals surface area contributed by atoms with E-state index in [9.17, 15) is 15.0 Å². The minimum absolute atomic E-state index is 0.164.